The van der Waals surface area contributed by atoms with Gasteiger partial charge >= 0.3 is 0 Å². The van der Waals surface area contributed by atoms with Crippen molar-refractivity contribution >= 4 is 0 Å². The molecule has 1 N–H and O–H groups in total. The molecule has 0 aliphatic heterocycles. The molecule has 0 aromatic rings. The van der Waals surface area contributed by atoms with Crippen LogP contribution in [0, 0.1) is 11.8 Å². The summed E-state index contributed by atoms with van der Waals surface area (Å²) in [6, 6.07) is 0. The van der Waals surface area contributed by atoms with Gasteiger partial charge in [-0.25, -0.2) is 0 Å². The Kier molecular flexibility index (Phi) is 3.68. The van der Waals surface area contributed by atoms with Gasteiger partial charge in [-0.1, -0.05) is 25.7 Å². The molecular weight excluding hydrogens is 188 g/mol. The van der Waals surface area contributed by atoms with Crippen LogP contribution in [-0.4, -0.2) is 24.4 Å². The first-order chi connectivity index (χ1) is 7.27. The van der Waals surface area contributed by atoms with Crippen molar-refractivity contribution < 1.29 is 9.84 Å². The van der Waals surface area contributed by atoms with Crippen molar-refractivity contribution in [2.24, 2.45) is 11.8 Å². The molecule has 0 amide bonds. The number of methoxy groups -OCH3 is 1. The van der Waals surface area contributed by atoms with E-state index in [4.69, 9.17) is 4.74 Å². The van der Waals surface area contributed by atoms with Gasteiger partial charge < -0.3 is 9.84 Å². The maximum Gasteiger partial charge on any atom is 0.0935 e. The van der Waals surface area contributed by atoms with Gasteiger partial charge in [-0.15, -0.1) is 0 Å². The van der Waals surface area contributed by atoms with E-state index in [9.17, 15) is 5.11 Å². The summed E-state index contributed by atoms with van der Waals surface area (Å²) in [6.07, 6.45) is 10.1. The van der Waals surface area contributed by atoms with Crippen LogP contribution in [0.3, 0.4) is 0 Å². The van der Waals surface area contributed by atoms with Crippen LogP contribution in [0.15, 0.2) is 0 Å². The van der Waals surface area contributed by atoms with Crippen LogP contribution in [0.4, 0.5) is 0 Å². The Morgan fingerprint density at radius 3 is 2.00 bits per heavy atom. The average molecular weight is 212 g/mol. The van der Waals surface area contributed by atoms with Gasteiger partial charge in [0.1, 0.15) is 0 Å². The number of hydrogen-bond donors (Lipinski definition) is 1. The molecule has 2 rings (SSSR count). The van der Waals surface area contributed by atoms with E-state index in [-0.39, 0.29) is 0 Å². The molecule has 0 heterocycles. The zero-order chi connectivity index (χ0) is 10.7. The van der Waals surface area contributed by atoms with Crippen molar-refractivity contribution in [1.82, 2.24) is 0 Å². The largest absolute Gasteiger partial charge is 0.387 e. The molecule has 0 radical (unpaired) electrons. The highest BCUT2D eigenvalue weighted by molar-refractivity contribution is 4.99. The Balaban J connectivity index is 2.01. The van der Waals surface area contributed by atoms with E-state index in [1.807, 2.05) is 0 Å². The lowest BCUT2D eigenvalue weighted by Gasteiger charge is -2.35. The van der Waals surface area contributed by atoms with Gasteiger partial charge in [-0.2, -0.15) is 0 Å². The fourth-order valence-electron chi connectivity index (χ4n) is 3.16. The summed E-state index contributed by atoms with van der Waals surface area (Å²) < 4.78 is 5.25. The minimum Gasteiger partial charge on any atom is -0.387 e. The smallest absolute Gasteiger partial charge is 0.0935 e. The van der Waals surface area contributed by atoms with Crippen LogP contribution in [0.2, 0.25) is 0 Å². The quantitative estimate of drug-likeness (QED) is 0.726. The topological polar surface area (TPSA) is 29.5 Å². The number of ether oxygens (including phenoxy) is 1. The SMILES string of the molecule is COCC(O)(C1CCCCCC1)C1CC1. The van der Waals surface area contributed by atoms with Gasteiger partial charge in [-0.3, -0.25) is 0 Å². The minimum absolute atomic E-state index is 0.493. The van der Waals surface area contributed by atoms with E-state index >= 15 is 0 Å². The first-order valence-corrected chi connectivity index (χ1v) is 6.48. The molecule has 0 spiro atoms. The lowest BCUT2D eigenvalue weighted by Crippen LogP contribution is -2.44. The highest BCUT2D eigenvalue weighted by Crippen LogP contribution is 2.47. The fourth-order valence-corrected chi connectivity index (χ4v) is 3.16. The molecule has 1 unspecified atom stereocenters. The maximum atomic E-state index is 10.8. The molecule has 1 atom stereocenters. The van der Waals surface area contributed by atoms with Crippen molar-refractivity contribution in [3.05, 3.63) is 0 Å². The molecule has 15 heavy (non-hydrogen) atoms. The predicted molar refractivity (Wildman–Crippen MR) is 60.7 cm³/mol. The minimum atomic E-state index is -0.501. The third-order valence-electron chi connectivity index (χ3n) is 4.22. The Hall–Kier alpha value is -0.0800. The maximum absolute atomic E-state index is 10.8. The fraction of sp³-hybridized carbons (Fsp3) is 1.00. The molecule has 2 saturated carbocycles. The van der Waals surface area contributed by atoms with Gasteiger partial charge in [-0.05, 0) is 37.5 Å². The van der Waals surface area contributed by atoms with Crippen molar-refractivity contribution in [2.75, 3.05) is 13.7 Å². The first kappa shape index (κ1) is 11.4. The highest BCUT2D eigenvalue weighted by Gasteiger charge is 2.48. The van der Waals surface area contributed by atoms with E-state index in [0.717, 1.165) is 0 Å². The summed E-state index contributed by atoms with van der Waals surface area (Å²) in [6.45, 7) is 0.544. The summed E-state index contributed by atoms with van der Waals surface area (Å²) in [7, 11) is 1.71. The number of aliphatic hydroxyl groups is 1. The van der Waals surface area contributed by atoms with Crippen LogP contribution >= 0.6 is 0 Å². The summed E-state index contributed by atoms with van der Waals surface area (Å²) >= 11 is 0. The van der Waals surface area contributed by atoms with Crippen LogP contribution in [-0.2, 0) is 4.74 Å². The molecule has 88 valence electrons. The molecule has 2 nitrogen and oxygen atoms in total. The standard InChI is InChI=1S/C13H24O2/c1-15-10-13(14,12-8-9-12)11-6-4-2-3-5-7-11/h11-12,14H,2-10H2,1H3. The Morgan fingerprint density at radius 1 is 1.00 bits per heavy atom. The van der Waals surface area contributed by atoms with Crippen molar-refractivity contribution in [1.29, 1.82) is 0 Å². The Bertz CT molecular complexity index is 193. The normalized spacial score (nSPS) is 28.4. The van der Waals surface area contributed by atoms with E-state index in [1.165, 1.54) is 51.4 Å². The average Bonchev–Trinajstić information content (AvgIpc) is 3.06. The van der Waals surface area contributed by atoms with E-state index in [0.29, 0.717) is 18.4 Å². The van der Waals surface area contributed by atoms with Crippen LogP contribution < -0.4 is 0 Å². The van der Waals surface area contributed by atoms with E-state index < -0.39 is 5.60 Å². The Morgan fingerprint density at radius 2 is 1.53 bits per heavy atom. The van der Waals surface area contributed by atoms with E-state index in [1.54, 1.807) is 7.11 Å². The summed E-state index contributed by atoms with van der Waals surface area (Å²) in [5.41, 5.74) is -0.501. The molecular formula is C13H24O2. The summed E-state index contributed by atoms with van der Waals surface area (Å²) in [4.78, 5) is 0. The second kappa shape index (κ2) is 4.84. The van der Waals surface area contributed by atoms with Gasteiger partial charge in [0.25, 0.3) is 0 Å². The van der Waals surface area contributed by atoms with Gasteiger partial charge in [0.05, 0.1) is 12.2 Å². The second-order valence-corrected chi connectivity index (χ2v) is 5.39. The molecule has 2 fully saturated rings. The molecule has 0 aromatic heterocycles. The molecule has 0 aromatic carbocycles. The van der Waals surface area contributed by atoms with Crippen LogP contribution in [0.5, 0.6) is 0 Å². The van der Waals surface area contributed by atoms with Gasteiger partial charge in [0.2, 0.25) is 0 Å². The molecule has 2 aliphatic carbocycles. The monoisotopic (exact) mass is 212 g/mol. The van der Waals surface area contributed by atoms with Crippen LogP contribution in [0.1, 0.15) is 51.4 Å². The molecule has 2 heteroatoms. The third kappa shape index (κ3) is 2.54. The molecule has 0 saturated heterocycles. The third-order valence-corrected chi connectivity index (χ3v) is 4.22. The van der Waals surface area contributed by atoms with E-state index in [2.05, 4.69) is 0 Å². The first-order valence-electron chi connectivity index (χ1n) is 6.48. The van der Waals surface area contributed by atoms with Gasteiger partial charge in [0, 0.05) is 7.11 Å². The predicted octanol–water partition coefficient (Wildman–Crippen LogP) is 2.74. The zero-order valence-electron chi connectivity index (χ0n) is 9.87. The lowest BCUT2D eigenvalue weighted by molar-refractivity contribution is -0.0943. The number of hydrogen-bond acceptors (Lipinski definition) is 2. The van der Waals surface area contributed by atoms with Crippen molar-refractivity contribution in [3.8, 4) is 0 Å². The summed E-state index contributed by atoms with van der Waals surface area (Å²) in [5.74, 6) is 1.02. The Labute approximate surface area is 93.0 Å². The second-order valence-electron chi connectivity index (χ2n) is 5.39. The van der Waals surface area contributed by atoms with Gasteiger partial charge in [0.15, 0.2) is 0 Å². The zero-order valence-corrected chi connectivity index (χ0v) is 9.87. The number of rotatable bonds is 4. The molecule has 2 aliphatic rings. The molecule has 0 bridgehead atoms. The van der Waals surface area contributed by atoms with Crippen LogP contribution in [0.25, 0.3) is 0 Å². The van der Waals surface area contributed by atoms with Crippen molar-refractivity contribution in [3.63, 3.8) is 0 Å². The highest BCUT2D eigenvalue weighted by atomic mass is 16.5. The van der Waals surface area contributed by atoms with Crippen molar-refractivity contribution in [2.45, 2.75) is 57.0 Å². The lowest BCUT2D eigenvalue weighted by atomic mass is 9.79. The summed E-state index contributed by atoms with van der Waals surface area (Å²) in [5, 5.41) is 10.8.